The number of amides is 1. The molecule has 0 radical (unpaired) electrons. The first-order valence-corrected chi connectivity index (χ1v) is 6.22. The molecule has 0 fully saturated rings. The van der Waals surface area contributed by atoms with E-state index in [1.165, 1.54) is 11.3 Å². The molecule has 1 amide bonds. The van der Waals surface area contributed by atoms with E-state index in [4.69, 9.17) is 0 Å². The monoisotopic (exact) mass is 239 g/mol. The highest BCUT2D eigenvalue weighted by Gasteiger charge is 2.49. The van der Waals surface area contributed by atoms with Gasteiger partial charge in [-0.05, 0) is 37.0 Å². The summed E-state index contributed by atoms with van der Waals surface area (Å²) in [6.45, 7) is 0. The number of carbonyl (C=O) groups is 1. The molecule has 0 bridgehead atoms. The Kier molecular flexibility index (Phi) is 1.77. The largest absolute Gasteiger partial charge is 0.365 e. The van der Waals surface area contributed by atoms with Crippen LogP contribution in [0.1, 0.15) is 23.2 Å². The Morgan fingerprint density at radius 3 is 3.22 bits per heavy atom. The van der Waals surface area contributed by atoms with E-state index in [9.17, 15) is 4.79 Å². The van der Waals surface area contributed by atoms with Crippen LogP contribution in [0.15, 0.2) is 30.6 Å². The van der Waals surface area contributed by atoms with Gasteiger partial charge in [0.15, 0.2) is 0 Å². The molecule has 1 aliphatic carbocycles. The molecule has 1 aliphatic heterocycles. The number of pyridine rings is 1. The van der Waals surface area contributed by atoms with Gasteiger partial charge in [0.2, 0.25) is 5.91 Å². The lowest BCUT2D eigenvalue weighted by Gasteiger charge is -2.31. The van der Waals surface area contributed by atoms with Crippen LogP contribution in [0.4, 0.5) is 5.82 Å². The first-order valence-electron chi connectivity index (χ1n) is 6.22. The minimum atomic E-state index is -0.404. The van der Waals surface area contributed by atoms with Crippen LogP contribution in [0.25, 0.3) is 0 Å². The van der Waals surface area contributed by atoms with Gasteiger partial charge in [-0.3, -0.25) is 4.79 Å². The molecule has 4 nitrogen and oxygen atoms in total. The maximum Gasteiger partial charge on any atom is 0.236 e. The van der Waals surface area contributed by atoms with Crippen LogP contribution in [-0.4, -0.2) is 15.9 Å². The van der Waals surface area contributed by atoms with Crippen molar-refractivity contribution in [3.05, 3.63) is 47.4 Å². The Balaban J connectivity index is 1.88. The molecule has 4 heteroatoms. The summed E-state index contributed by atoms with van der Waals surface area (Å²) in [5.74, 6) is 0.838. The Hall–Kier alpha value is -2.10. The fraction of sp³-hybridized carbons (Fsp3) is 0.286. The molecule has 1 atom stereocenters. The number of aromatic amines is 1. The first-order chi connectivity index (χ1) is 8.79. The quantitative estimate of drug-likeness (QED) is 0.736. The molecule has 2 aliphatic rings. The van der Waals surface area contributed by atoms with E-state index in [2.05, 4.69) is 21.4 Å². The number of hydrogen-bond acceptors (Lipinski definition) is 2. The van der Waals surface area contributed by atoms with Crippen LogP contribution in [0, 0.1) is 0 Å². The van der Waals surface area contributed by atoms with E-state index in [1.54, 1.807) is 6.20 Å². The van der Waals surface area contributed by atoms with Crippen molar-refractivity contribution in [2.24, 2.45) is 0 Å². The number of fused-ring (bicyclic) bond motifs is 3. The molecule has 2 aromatic heterocycles. The average Bonchev–Trinajstić information content (AvgIpc) is 2.95. The van der Waals surface area contributed by atoms with Gasteiger partial charge in [-0.15, -0.1) is 0 Å². The third-order valence-electron chi connectivity index (χ3n) is 4.21. The molecule has 2 aromatic rings. The van der Waals surface area contributed by atoms with Crippen LogP contribution < -0.4 is 5.32 Å². The zero-order chi connectivity index (χ0) is 12.2. The van der Waals surface area contributed by atoms with Gasteiger partial charge in [-0.1, -0.05) is 6.07 Å². The molecule has 4 rings (SSSR count). The predicted molar refractivity (Wildman–Crippen MR) is 67.4 cm³/mol. The van der Waals surface area contributed by atoms with Gasteiger partial charge in [-0.25, -0.2) is 4.98 Å². The summed E-state index contributed by atoms with van der Waals surface area (Å²) in [5, 5.41) is 2.92. The van der Waals surface area contributed by atoms with Gasteiger partial charge in [0, 0.05) is 23.7 Å². The molecular weight excluding hydrogens is 226 g/mol. The SMILES string of the molecule is O=C1Nc2ncccc2[C@@]12CCc1[nH]ccc1C2. The first kappa shape index (κ1) is 9.88. The minimum Gasteiger partial charge on any atom is -0.365 e. The third kappa shape index (κ3) is 1.10. The summed E-state index contributed by atoms with van der Waals surface area (Å²) in [6.07, 6.45) is 6.23. The summed E-state index contributed by atoms with van der Waals surface area (Å²) >= 11 is 0. The van der Waals surface area contributed by atoms with E-state index in [0.717, 1.165) is 30.6 Å². The summed E-state index contributed by atoms with van der Waals surface area (Å²) < 4.78 is 0. The van der Waals surface area contributed by atoms with Gasteiger partial charge in [0.1, 0.15) is 5.82 Å². The lowest BCUT2D eigenvalue weighted by Crippen LogP contribution is -2.39. The maximum absolute atomic E-state index is 12.4. The van der Waals surface area contributed by atoms with Gasteiger partial charge in [0.05, 0.1) is 5.41 Å². The smallest absolute Gasteiger partial charge is 0.236 e. The molecule has 1 spiro atoms. The maximum atomic E-state index is 12.4. The van der Waals surface area contributed by atoms with E-state index < -0.39 is 5.41 Å². The topological polar surface area (TPSA) is 57.8 Å². The molecule has 3 heterocycles. The number of aromatic nitrogens is 2. The van der Waals surface area contributed by atoms with Crippen LogP contribution >= 0.6 is 0 Å². The van der Waals surface area contributed by atoms with Crippen molar-refractivity contribution in [3.63, 3.8) is 0 Å². The van der Waals surface area contributed by atoms with Gasteiger partial charge < -0.3 is 10.3 Å². The van der Waals surface area contributed by atoms with Crippen LogP contribution in [0.2, 0.25) is 0 Å². The van der Waals surface area contributed by atoms with Gasteiger partial charge in [0.25, 0.3) is 0 Å². The van der Waals surface area contributed by atoms with Crippen molar-refractivity contribution in [1.29, 1.82) is 0 Å². The Morgan fingerprint density at radius 1 is 1.33 bits per heavy atom. The lowest BCUT2D eigenvalue weighted by atomic mass is 9.70. The Bertz CT molecular complexity index is 646. The summed E-state index contributed by atoms with van der Waals surface area (Å²) in [5.41, 5.74) is 3.18. The summed E-state index contributed by atoms with van der Waals surface area (Å²) in [6, 6.07) is 6.02. The Labute approximate surface area is 104 Å². The molecule has 18 heavy (non-hydrogen) atoms. The molecule has 0 aromatic carbocycles. The van der Waals surface area contributed by atoms with E-state index in [0.29, 0.717) is 0 Å². The number of aryl methyl sites for hydroxylation is 1. The second-order valence-electron chi connectivity index (χ2n) is 5.09. The zero-order valence-electron chi connectivity index (χ0n) is 9.86. The molecule has 0 saturated heterocycles. The van der Waals surface area contributed by atoms with Crippen molar-refractivity contribution in [3.8, 4) is 0 Å². The zero-order valence-corrected chi connectivity index (χ0v) is 9.86. The van der Waals surface area contributed by atoms with Crippen molar-refractivity contribution in [2.75, 3.05) is 5.32 Å². The normalized spacial score (nSPS) is 24.8. The number of nitrogens with zero attached hydrogens (tertiary/aromatic N) is 1. The number of rotatable bonds is 0. The molecular formula is C14H13N3O. The second-order valence-corrected chi connectivity index (χ2v) is 5.09. The number of hydrogen-bond donors (Lipinski definition) is 2. The number of carbonyl (C=O) groups excluding carboxylic acids is 1. The summed E-state index contributed by atoms with van der Waals surface area (Å²) in [7, 11) is 0. The molecule has 2 N–H and O–H groups in total. The summed E-state index contributed by atoms with van der Waals surface area (Å²) in [4.78, 5) is 19.9. The number of anilines is 1. The van der Waals surface area contributed by atoms with Crippen molar-refractivity contribution in [1.82, 2.24) is 9.97 Å². The lowest BCUT2D eigenvalue weighted by molar-refractivity contribution is -0.121. The fourth-order valence-electron chi connectivity index (χ4n) is 3.25. The van der Waals surface area contributed by atoms with Crippen molar-refractivity contribution < 1.29 is 4.79 Å². The molecule has 90 valence electrons. The number of nitrogens with one attached hydrogen (secondary N) is 2. The van der Waals surface area contributed by atoms with Gasteiger partial charge in [-0.2, -0.15) is 0 Å². The highest BCUT2D eigenvalue weighted by Crippen LogP contribution is 2.45. The van der Waals surface area contributed by atoms with Crippen molar-refractivity contribution in [2.45, 2.75) is 24.7 Å². The Morgan fingerprint density at radius 2 is 2.28 bits per heavy atom. The molecule has 0 saturated carbocycles. The highest BCUT2D eigenvalue weighted by atomic mass is 16.2. The van der Waals surface area contributed by atoms with Crippen molar-refractivity contribution >= 4 is 11.7 Å². The average molecular weight is 239 g/mol. The van der Waals surface area contributed by atoms with Gasteiger partial charge >= 0.3 is 0 Å². The van der Waals surface area contributed by atoms with Crippen LogP contribution in [0.3, 0.4) is 0 Å². The van der Waals surface area contributed by atoms with Crippen LogP contribution in [0.5, 0.6) is 0 Å². The van der Waals surface area contributed by atoms with E-state index >= 15 is 0 Å². The number of H-pyrrole nitrogens is 1. The van der Waals surface area contributed by atoms with E-state index in [-0.39, 0.29) is 5.91 Å². The highest BCUT2D eigenvalue weighted by molar-refractivity contribution is 6.05. The standard InChI is InChI=1S/C14H13N3O/c18-13-14(10-2-1-6-16-12(10)17-13)5-3-11-9(8-14)4-7-15-11/h1-2,4,6-7,15H,3,5,8H2,(H,16,17,18)/t14-/m0/s1. The minimum absolute atomic E-state index is 0.100. The predicted octanol–water partition coefficient (Wildman–Crippen LogP) is 1.79. The second kappa shape index (κ2) is 3.22. The van der Waals surface area contributed by atoms with Crippen LogP contribution in [-0.2, 0) is 23.1 Å². The fourth-order valence-corrected chi connectivity index (χ4v) is 3.25. The van der Waals surface area contributed by atoms with E-state index in [1.807, 2.05) is 18.3 Å². The molecule has 0 unspecified atom stereocenters. The third-order valence-corrected chi connectivity index (χ3v) is 4.21.